The van der Waals surface area contributed by atoms with Crippen LogP contribution in [0.25, 0.3) is 0 Å². The minimum atomic E-state index is -1.01. The average molecular weight is 286 g/mol. The highest BCUT2D eigenvalue weighted by atomic mass is 16.7. The van der Waals surface area contributed by atoms with Gasteiger partial charge in [0.1, 0.15) is 0 Å². The van der Waals surface area contributed by atoms with Crippen LogP contribution in [-0.4, -0.2) is 30.9 Å². The van der Waals surface area contributed by atoms with Gasteiger partial charge in [-0.25, -0.2) is 0 Å². The molecular weight excluding hydrogens is 260 g/mol. The quantitative estimate of drug-likeness (QED) is 0.370. The molecule has 0 saturated heterocycles. The minimum Gasteiger partial charge on any atom is -0.421 e. The monoisotopic (exact) mass is 286 g/mol. The van der Waals surface area contributed by atoms with E-state index in [0.29, 0.717) is 0 Å². The summed E-state index contributed by atoms with van der Waals surface area (Å²) in [5, 5.41) is 0. The van der Waals surface area contributed by atoms with Gasteiger partial charge in [-0.2, -0.15) is 0 Å². The van der Waals surface area contributed by atoms with E-state index in [2.05, 4.69) is 13.8 Å². The van der Waals surface area contributed by atoms with Crippen LogP contribution >= 0.6 is 0 Å². The van der Waals surface area contributed by atoms with Crippen molar-refractivity contribution >= 4 is 11.9 Å². The zero-order valence-electron chi connectivity index (χ0n) is 13.1. The van der Waals surface area contributed by atoms with Crippen molar-refractivity contribution in [3.8, 4) is 0 Å². The van der Waals surface area contributed by atoms with Crippen LogP contribution in [-0.2, 0) is 23.8 Å². The summed E-state index contributed by atoms with van der Waals surface area (Å²) in [5.74, 6) is -1.01. The number of hydrogen-bond donors (Lipinski definition) is 0. The highest BCUT2D eigenvalue weighted by Crippen LogP contribution is 2.25. The molecule has 0 unspecified atom stereocenters. The molecule has 5 heteroatoms. The molecule has 0 aliphatic rings. The van der Waals surface area contributed by atoms with Crippen molar-refractivity contribution in [2.24, 2.45) is 0 Å². The third-order valence-electron chi connectivity index (χ3n) is 2.87. The molecule has 0 aromatic rings. The molecule has 0 aromatic carbocycles. The van der Waals surface area contributed by atoms with Gasteiger partial charge in [0.25, 0.3) is 6.29 Å². The summed E-state index contributed by atoms with van der Waals surface area (Å²) in [6, 6.07) is 0. The Morgan fingerprint density at radius 2 is 1.50 bits per heavy atom. The van der Waals surface area contributed by atoms with Crippen LogP contribution in [0.3, 0.4) is 0 Å². The fourth-order valence-corrected chi connectivity index (χ4v) is 2.09. The van der Waals surface area contributed by atoms with Crippen molar-refractivity contribution < 1.29 is 23.8 Å². The zero-order chi connectivity index (χ0) is 15.6. The highest BCUT2D eigenvalue weighted by molar-refractivity contribution is 5.68. The first kappa shape index (κ1) is 18.6. The Balaban J connectivity index is 4.99. The average Bonchev–Trinajstić information content (AvgIpc) is 2.35. The van der Waals surface area contributed by atoms with E-state index in [1.165, 1.54) is 13.8 Å². The SMILES string of the molecule is CCCC(/C=C/C(OC(C)=O)OC(C)=O)(CCC)OC. The highest BCUT2D eigenvalue weighted by Gasteiger charge is 2.25. The summed E-state index contributed by atoms with van der Waals surface area (Å²) in [7, 11) is 1.66. The molecule has 0 fully saturated rings. The summed E-state index contributed by atoms with van der Waals surface area (Å²) < 4.78 is 15.5. The lowest BCUT2D eigenvalue weighted by molar-refractivity contribution is -0.176. The van der Waals surface area contributed by atoms with Crippen LogP contribution in [0.2, 0.25) is 0 Å². The zero-order valence-corrected chi connectivity index (χ0v) is 13.1. The van der Waals surface area contributed by atoms with E-state index in [-0.39, 0.29) is 0 Å². The van der Waals surface area contributed by atoms with Crippen molar-refractivity contribution in [3.63, 3.8) is 0 Å². The normalized spacial score (nSPS) is 11.9. The first-order valence-electron chi connectivity index (χ1n) is 6.98. The number of rotatable bonds is 9. The van der Waals surface area contributed by atoms with Crippen LogP contribution in [0, 0.1) is 0 Å². The van der Waals surface area contributed by atoms with Gasteiger partial charge in [-0.3, -0.25) is 9.59 Å². The van der Waals surface area contributed by atoms with Crippen LogP contribution in [0.15, 0.2) is 12.2 Å². The summed E-state index contributed by atoms with van der Waals surface area (Å²) in [6.45, 7) is 6.69. The molecule has 0 aliphatic heterocycles. The fourth-order valence-electron chi connectivity index (χ4n) is 2.09. The van der Waals surface area contributed by atoms with Crippen molar-refractivity contribution in [1.82, 2.24) is 0 Å². The molecule has 0 heterocycles. The van der Waals surface area contributed by atoms with E-state index in [4.69, 9.17) is 14.2 Å². The standard InChI is InChI=1S/C15H26O5/c1-6-9-15(18-5,10-7-2)11-8-14(19-12(3)16)20-13(4)17/h8,11,14H,6-7,9-10H2,1-5H3/b11-8+. The molecule has 5 nitrogen and oxygen atoms in total. The van der Waals surface area contributed by atoms with E-state index in [1.807, 2.05) is 6.08 Å². The maximum Gasteiger partial charge on any atom is 0.305 e. The molecule has 0 radical (unpaired) electrons. The fraction of sp³-hybridized carbons (Fsp3) is 0.733. The lowest BCUT2D eigenvalue weighted by Gasteiger charge is -2.29. The Kier molecular flexibility index (Phi) is 8.88. The molecule has 0 saturated carbocycles. The Labute approximate surface area is 121 Å². The van der Waals surface area contributed by atoms with Crippen LogP contribution < -0.4 is 0 Å². The first-order chi connectivity index (χ1) is 9.39. The molecule has 0 rings (SSSR count). The number of carbonyl (C=O) groups excluding carboxylic acids is 2. The molecule has 0 aromatic heterocycles. The summed E-state index contributed by atoms with van der Waals surface area (Å²) >= 11 is 0. The van der Waals surface area contributed by atoms with Gasteiger partial charge in [0.05, 0.1) is 5.60 Å². The second-order valence-corrected chi connectivity index (χ2v) is 4.72. The van der Waals surface area contributed by atoms with Crippen molar-refractivity contribution in [1.29, 1.82) is 0 Å². The summed E-state index contributed by atoms with van der Waals surface area (Å²) in [6.07, 6.45) is 6.01. The number of esters is 2. The first-order valence-corrected chi connectivity index (χ1v) is 6.98. The largest absolute Gasteiger partial charge is 0.421 e. The van der Waals surface area contributed by atoms with Gasteiger partial charge in [0.2, 0.25) is 0 Å². The number of methoxy groups -OCH3 is 1. The smallest absolute Gasteiger partial charge is 0.305 e. The van der Waals surface area contributed by atoms with Crippen LogP contribution in [0.1, 0.15) is 53.4 Å². The van der Waals surface area contributed by atoms with Gasteiger partial charge in [-0.05, 0) is 25.0 Å². The molecular formula is C15H26O5. The Bertz CT molecular complexity index is 313. The maximum atomic E-state index is 11.0. The molecule has 0 amide bonds. The van der Waals surface area contributed by atoms with Gasteiger partial charge < -0.3 is 14.2 Å². The van der Waals surface area contributed by atoms with E-state index in [0.717, 1.165) is 25.7 Å². The topological polar surface area (TPSA) is 61.8 Å². The predicted molar refractivity (Wildman–Crippen MR) is 76.0 cm³/mol. The molecule has 0 N–H and O–H groups in total. The second kappa shape index (κ2) is 9.53. The number of hydrogen-bond acceptors (Lipinski definition) is 5. The molecule has 0 aliphatic carbocycles. The Morgan fingerprint density at radius 1 is 1.05 bits per heavy atom. The lowest BCUT2D eigenvalue weighted by Crippen LogP contribution is -2.30. The Hall–Kier alpha value is -1.36. The van der Waals surface area contributed by atoms with Gasteiger partial charge in [0, 0.05) is 21.0 Å². The van der Waals surface area contributed by atoms with E-state index in [1.54, 1.807) is 13.2 Å². The number of carbonyl (C=O) groups is 2. The maximum absolute atomic E-state index is 11.0. The van der Waals surface area contributed by atoms with E-state index in [9.17, 15) is 9.59 Å². The minimum absolute atomic E-state index is 0.415. The van der Waals surface area contributed by atoms with E-state index < -0.39 is 23.8 Å². The van der Waals surface area contributed by atoms with Crippen molar-refractivity contribution in [3.05, 3.63) is 12.2 Å². The third kappa shape index (κ3) is 7.28. The van der Waals surface area contributed by atoms with Gasteiger partial charge in [-0.1, -0.05) is 26.7 Å². The molecule has 0 spiro atoms. The van der Waals surface area contributed by atoms with Crippen molar-refractivity contribution in [2.45, 2.75) is 65.3 Å². The lowest BCUT2D eigenvalue weighted by atomic mass is 9.92. The summed E-state index contributed by atoms with van der Waals surface area (Å²) in [4.78, 5) is 22.0. The van der Waals surface area contributed by atoms with Gasteiger partial charge >= 0.3 is 11.9 Å². The van der Waals surface area contributed by atoms with Crippen LogP contribution in [0.4, 0.5) is 0 Å². The predicted octanol–water partition coefficient (Wildman–Crippen LogP) is 2.98. The van der Waals surface area contributed by atoms with Gasteiger partial charge in [0.15, 0.2) is 0 Å². The van der Waals surface area contributed by atoms with Crippen LogP contribution in [0.5, 0.6) is 0 Å². The second-order valence-electron chi connectivity index (χ2n) is 4.72. The number of ether oxygens (including phenoxy) is 3. The summed E-state index contributed by atoms with van der Waals surface area (Å²) in [5.41, 5.74) is -0.415. The molecule has 20 heavy (non-hydrogen) atoms. The van der Waals surface area contributed by atoms with Crippen molar-refractivity contribution in [2.75, 3.05) is 7.11 Å². The molecule has 116 valence electrons. The molecule has 0 bridgehead atoms. The third-order valence-corrected chi connectivity index (χ3v) is 2.87. The van der Waals surface area contributed by atoms with Gasteiger partial charge in [-0.15, -0.1) is 0 Å². The van der Waals surface area contributed by atoms with E-state index >= 15 is 0 Å². The molecule has 0 atom stereocenters. The Morgan fingerprint density at radius 3 is 1.80 bits per heavy atom.